The summed E-state index contributed by atoms with van der Waals surface area (Å²) in [7, 11) is 0. The molecule has 4 nitrogen and oxygen atoms in total. The summed E-state index contributed by atoms with van der Waals surface area (Å²) in [5.41, 5.74) is 4.12. The lowest BCUT2D eigenvalue weighted by Gasteiger charge is -2.22. The van der Waals surface area contributed by atoms with Crippen LogP contribution in [0, 0.1) is 5.92 Å². The normalized spacial score (nSPS) is 17.3. The third-order valence-electron chi connectivity index (χ3n) is 5.36. The van der Waals surface area contributed by atoms with Crippen LogP contribution in [0.1, 0.15) is 58.1 Å². The number of anilines is 2. The minimum atomic E-state index is -0.338. The highest BCUT2D eigenvalue weighted by Gasteiger charge is 2.36. The van der Waals surface area contributed by atoms with Gasteiger partial charge in [-0.2, -0.15) is 0 Å². The molecular formula is C24H30N2O2. The van der Waals surface area contributed by atoms with Crippen LogP contribution < -0.4 is 10.2 Å². The van der Waals surface area contributed by atoms with E-state index in [1.807, 2.05) is 42.5 Å². The van der Waals surface area contributed by atoms with Crippen LogP contribution in [0.3, 0.4) is 0 Å². The molecule has 28 heavy (non-hydrogen) atoms. The number of carbonyl (C=O) groups excluding carboxylic acids is 2. The Morgan fingerprint density at radius 2 is 1.71 bits per heavy atom. The third-order valence-corrected chi connectivity index (χ3v) is 5.36. The minimum absolute atomic E-state index is 0.0105. The van der Waals surface area contributed by atoms with Crippen molar-refractivity contribution < 1.29 is 9.59 Å². The van der Waals surface area contributed by atoms with E-state index in [9.17, 15) is 9.59 Å². The minimum Gasteiger partial charge on any atom is -0.326 e. The number of benzene rings is 2. The molecule has 4 heteroatoms. The Hall–Kier alpha value is -2.62. The Morgan fingerprint density at radius 1 is 1.07 bits per heavy atom. The van der Waals surface area contributed by atoms with E-state index in [2.05, 4.69) is 46.0 Å². The first-order valence-corrected chi connectivity index (χ1v) is 9.97. The van der Waals surface area contributed by atoms with Gasteiger partial charge < -0.3 is 10.2 Å². The molecule has 0 aliphatic carbocycles. The zero-order chi connectivity index (χ0) is 20.5. The van der Waals surface area contributed by atoms with E-state index < -0.39 is 0 Å². The molecule has 0 radical (unpaired) electrons. The van der Waals surface area contributed by atoms with Gasteiger partial charge in [-0.15, -0.1) is 0 Å². The second kappa shape index (κ2) is 7.78. The summed E-state index contributed by atoms with van der Waals surface area (Å²) >= 11 is 0. The van der Waals surface area contributed by atoms with Crippen LogP contribution in [0.4, 0.5) is 11.4 Å². The smallest absolute Gasteiger partial charge is 0.229 e. The van der Waals surface area contributed by atoms with Crippen LogP contribution in [-0.4, -0.2) is 18.4 Å². The van der Waals surface area contributed by atoms with Crippen LogP contribution >= 0.6 is 0 Å². The Labute approximate surface area is 167 Å². The van der Waals surface area contributed by atoms with E-state index in [0.717, 1.165) is 16.9 Å². The van der Waals surface area contributed by atoms with Crippen LogP contribution in [0.5, 0.6) is 0 Å². The van der Waals surface area contributed by atoms with Gasteiger partial charge in [-0.25, -0.2) is 0 Å². The SMILES string of the molecule is CC(C)c1ccccc1N1CC(C(=O)Nc2ccc(C(C)(C)C)cc2)CC1=O. The lowest BCUT2D eigenvalue weighted by atomic mass is 9.87. The van der Waals surface area contributed by atoms with Gasteiger partial charge in [0.15, 0.2) is 0 Å². The van der Waals surface area contributed by atoms with Crippen molar-refractivity contribution in [3.8, 4) is 0 Å². The molecule has 1 atom stereocenters. The van der Waals surface area contributed by atoms with Gasteiger partial charge in [-0.05, 0) is 40.7 Å². The highest BCUT2D eigenvalue weighted by Crippen LogP contribution is 2.32. The third kappa shape index (κ3) is 4.27. The van der Waals surface area contributed by atoms with Crippen LogP contribution in [0.2, 0.25) is 0 Å². The predicted molar refractivity (Wildman–Crippen MR) is 115 cm³/mol. The summed E-state index contributed by atoms with van der Waals surface area (Å²) in [6.07, 6.45) is 0.248. The molecule has 1 unspecified atom stereocenters. The molecular weight excluding hydrogens is 348 g/mol. The quantitative estimate of drug-likeness (QED) is 0.805. The Morgan fingerprint density at radius 3 is 2.32 bits per heavy atom. The number of nitrogens with one attached hydrogen (secondary N) is 1. The summed E-state index contributed by atoms with van der Waals surface area (Å²) in [5.74, 6) is -0.106. The number of carbonyl (C=O) groups is 2. The molecule has 1 aliphatic heterocycles. The molecule has 148 valence electrons. The van der Waals surface area contributed by atoms with Gasteiger partial charge in [0, 0.05) is 24.3 Å². The molecule has 2 aromatic carbocycles. The summed E-state index contributed by atoms with van der Waals surface area (Å²) < 4.78 is 0. The lowest BCUT2D eigenvalue weighted by molar-refractivity contribution is -0.122. The summed E-state index contributed by atoms with van der Waals surface area (Å²) in [4.78, 5) is 27.1. The van der Waals surface area contributed by atoms with Gasteiger partial charge in [0.25, 0.3) is 0 Å². The van der Waals surface area contributed by atoms with Gasteiger partial charge >= 0.3 is 0 Å². The van der Waals surface area contributed by atoms with Crippen molar-refractivity contribution in [2.75, 3.05) is 16.8 Å². The first kappa shape index (κ1) is 20.1. The van der Waals surface area contributed by atoms with Crippen molar-refractivity contribution in [3.05, 3.63) is 59.7 Å². The van der Waals surface area contributed by atoms with Gasteiger partial charge in [-0.3, -0.25) is 9.59 Å². The fourth-order valence-electron chi connectivity index (χ4n) is 3.64. The Balaban J connectivity index is 1.71. The van der Waals surface area contributed by atoms with E-state index in [0.29, 0.717) is 12.5 Å². The topological polar surface area (TPSA) is 49.4 Å². The molecule has 1 N–H and O–H groups in total. The predicted octanol–water partition coefficient (Wildman–Crippen LogP) is 5.10. The van der Waals surface area contributed by atoms with Gasteiger partial charge in [0.05, 0.1) is 5.92 Å². The Bertz CT molecular complexity index is 863. The molecule has 0 spiro atoms. The van der Waals surface area contributed by atoms with Crippen LogP contribution in [0.15, 0.2) is 48.5 Å². The number of hydrogen-bond donors (Lipinski definition) is 1. The molecule has 2 amide bonds. The van der Waals surface area contributed by atoms with Crippen molar-refractivity contribution >= 4 is 23.2 Å². The fraction of sp³-hybridized carbons (Fsp3) is 0.417. The molecule has 1 heterocycles. The van der Waals surface area contributed by atoms with Crippen molar-refractivity contribution in [2.24, 2.45) is 5.92 Å². The standard InChI is InChI=1S/C24H30N2O2/c1-16(2)20-8-6-7-9-21(20)26-15-17(14-22(26)27)23(28)25-19-12-10-18(11-13-19)24(3,4)5/h6-13,16-17H,14-15H2,1-5H3,(H,25,28). The molecule has 3 rings (SSSR count). The number of para-hydroxylation sites is 1. The maximum Gasteiger partial charge on any atom is 0.229 e. The maximum atomic E-state index is 12.7. The average molecular weight is 379 g/mol. The zero-order valence-electron chi connectivity index (χ0n) is 17.5. The van der Waals surface area contributed by atoms with Gasteiger partial charge in [0.1, 0.15) is 0 Å². The van der Waals surface area contributed by atoms with Crippen molar-refractivity contribution in [1.82, 2.24) is 0 Å². The highest BCUT2D eigenvalue weighted by molar-refractivity contribution is 6.03. The van der Waals surface area contributed by atoms with E-state index >= 15 is 0 Å². The van der Waals surface area contributed by atoms with E-state index in [-0.39, 0.29) is 29.6 Å². The summed E-state index contributed by atoms with van der Waals surface area (Å²) in [6, 6.07) is 15.9. The molecule has 0 saturated carbocycles. The number of rotatable bonds is 4. The zero-order valence-corrected chi connectivity index (χ0v) is 17.5. The maximum absolute atomic E-state index is 12.7. The lowest BCUT2D eigenvalue weighted by Crippen LogP contribution is -2.29. The first-order valence-electron chi connectivity index (χ1n) is 9.97. The highest BCUT2D eigenvalue weighted by atomic mass is 16.2. The summed E-state index contributed by atoms with van der Waals surface area (Å²) in [6.45, 7) is 11.1. The number of hydrogen-bond acceptors (Lipinski definition) is 2. The molecule has 1 fully saturated rings. The van der Waals surface area contributed by atoms with Crippen molar-refractivity contribution in [1.29, 1.82) is 0 Å². The second-order valence-corrected chi connectivity index (χ2v) is 8.94. The van der Waals surface area contributed by atoms with Gasteiger partial charge in [0.2, 0.25) is 11.8 Å². The monoisotopic (exact) mass is 378 g/mol. The molecule has 0 bridgehead atoms. The van der Waals surface area contributed by atoms with Crippen molar-refractivity contribution in [3.63, 3.8) is 0 Å². The molecule has 0 aromatic heterocycles. The van der Waals surface area contributed by atoms with E-state index in [1.54, 1.807) is 4.90 Å². The molecule has 2 aromatic rings. The fourth-order valence-corrected chi connectivity index (χ4v) is 3.64. The number of nitrogens with zero attached hydrogens (tertiary/aromatic N) is 1. The molecule has 1 aliphatic rings. The van der Waals surface area contributed by atoms with Gasteiger partial charge in [-0.1, -0.05) is 65.0 Å². The van der Waals surface area contributed by atoms with Crippen molar-refractivity contribution in [2.45, 2.75) is 52.4 Å². The largest absolute Gasteiger partial charge is 0.326 e. The summed E-state index contributed by atoms with van der Waals surface area (Å²) in [5, 5.41) is 2.97. The van der Waals surface area contributed by atoms with Crippen LogP contribution in [-0.2, 0) is 15.0 Å². The van der Waals surface area contributed by atoms with E-state index in [4.69, 9.17) is 0 Å². The Kier molecular flexibility index (Phi) is 5.59. The first-order chi connectivity index (χ1) is 13.2. The van der Waals surface area contributed by atoms with Crippen LogP contribution in [0.25, 0.3) is 0 Å². The number of amides is 2. The van der Waals surface area contributed by atoms with E-state index in [1.165, 1.54) is 5.56 Å². The molecule has 1 saturated heterocycles. The average Bonchev–Trinajstić information content (AvgIpc) is 3.03. The second-order valence-electron chi connectivity index (χ2n) is 8.94.